The van der Waals surface area contributed by atoms with Gasteiger partial charge in [0.25, 0.3) is 0 Å². The predicted octanol–water partition coefficient (Wildman–Crippen LogP) is -0.141. The lowest BCUT2D eigenvalue weighted by Crippen LogP contribution is -2.51. The Hall–Kier alpha value is -0.130. The van der Waals surface area contributed by atoms with Gasteiger partial charge in [-0.1, -0.05) is 0 Å². The SMILES string of the molecule is CC1(CN2CCS(=O)(=O)CC2)CCCN1. The summed E-state index contributed by atoms with van der Waals surface area (Å²) in [5.74, 6) is 0.673. The minimum atomic E-state index is -2.73. The second-order valence-corrected chi connectivity index (χ2v) is 7.32. The highest BCUT2D eigenvalue weighted by Gasteiger charge is 2.32. The lowest BCUT2D eigenvalue weighted by molar-refractivity contribution is 0.216. The normalized spacial score (nSPS) is 36.9. The van der Waals surface area contributed by atoms with Gasteiger partial charge in [-0.15, -0.1) is 0 Å². The third-order valence-corrected chi connectivity index (χ3v) is 5.08. The van der Waals surface area contributed by atoms with Crippen LogP contribution in [0.5, 0.6) is 0 Å². The van der Waals surface area contributed by atoms with Crippen LogP contribution in [0.25, 0.3) is 0 Å². The maximum atomic E-state index is 11.3. The molecule has 2 fully saturated rings. The molecule has 0 aliphatic carbocycles. The van der Waals surface area contributed by atoms with Crippen LogP contribution in [0.3, 0.4) is 0 Å². The van der Waals surface area contributed by atoms with E-state index in [0.717, 1.165) is 13.1 Å². The summed E-state index contributed by atoms with van der Waals surface area (Å²) in [5, 5.41) is 3.51. The molecule has 0 bridgehead atoms. The van der Waals surface area contributed by atoms with Crippen LogP contribution in [0.2, 0.25) is 0 Å². The van der Waals surface area contributed by atoms with Gasteiger partial charge in [-0.25, -0.2) is 8.42 Å². The molecule has 0 saturated carbocycles. The van der Waals surface area contributed by atoms with Crippen molar-refractivity contribution in [3.05, 3.63) is 0 Å². The van der Waals surface area contributed by atoms with Crippen molar-refractivity contribution >= 4 is 9.84 Å². The molecule has 1 unspecified atom stereocenters. The summed E-state index contributed by atoms with van der Waals surface area (Å²) < 4.78 is 22.5. The first kappa shape index (κ1) is 11.4. The third kappa shape index (κ3) is 2.92. The number of rotatable bonds is 2. The van der Waals surface area contributed by atoms with E-state index in [4.69, 9.17) is 0 Å². The fourth-order valence-corrected chi connectivity index (χ4v) is 3.77. The van der Waals surface area contributed by atoms with Crippen molar-refractivity contribution in [3.8, 4) is 0 Å². The Morgan fingerprint density at radius 3 is 2.53 bits per heavy atom. The number of hydrogen-bond donors (Lipinski definition) is 1. The first-order chi connectivity index (χ1) is 6.99. The summed E-state index contributed by atoms with van der Waals surface area (Å²) in [6, 6.07) is 0. The zero-order valence-corrected chi connectivity index (χ0v) is 10.1. The molecule has 0 amide bonds. The fraction of sp³-hybridized carbons (Fsp3) is 1.00. The molecule has 1 atom stereocenters. The van der Waals surface area contributed by atoms with E-state index >= 15 is 0 Å². The van der Waals surface area contributed by atoms with Crippen molar-refractivity contribution in [2.24, 2.45) is 0 Å². The summed E-state index contributed by atoms with van der Waals surface area (Å²) in [6.45, 7) is 5.74. The summed E-state index contributed by atoms with van der Waals surface area (Å²) in [4.78, 5) is 2.28. The van der Waals surface area contributed by atoms with E-state index in [9.17, 15) is 8.42 Å². The molecule has 2 aliphatic heterocycles. The Bertz CT molecular complexity index is 306. The molecule has 0 radical (unpaired) electrons. The van der Waals surface area contributed by atoms with Gasteiger partial charge in [0.05, 0.1) is 11.5 Å². The van der Waals surface area contributed by atoms with Crippen molar-refractivity contribution in [1.29, 1.82) is 0 Å². The molecule has 1 N–H and O–H groups in total. The second kappa shape index (κ2) is 4.03. The van der Waals surface area contributed by atoms with Gasteiger partial charge in [0.15, 0.2) is 9.84 Å². The Balaban J connectivity index is 1.86. The van der Waals surface area contributed by atoms with Crippen LogP contribution in [0.1, 0.15) is 19.8 Å². The van der Waals surface area contributed by atoms with E-state index in [1.807, 2.05) is 0 Å². The number of nitrogens with one attached hydrogen (secondary N) is 1. The fourth-order valence-electron chi connectivity index (χ4n) is 2.49. The lowest BCUT2D eigenvalue weighted by atomic mass is 10.00. The van der Waals surface area contributed by atoms with Gasteiger partial charge in [0.1, 0.15) is 0 Å². The van der Waals surface area contributed by atoms with E-state index in [1.54, 1.807) is 0 Å². The standard InChI is InChI=1S/C10H20N2O2S/c1-10(3-2-4-11-10)9-12-5-7-15(13,14)8-6-12/h11H,2-9H2,1H3. The zero-order valence-electron chi connectivity index (χ0n) is 9.33. The Kier molecular flexibility index (Phi) is 3.05. The minimum absolute atomic E-state index is 0.209. The molecule has 0 spiro atoms. The highest BCUT2D eigenvalue weighted by atomic mass is 32.2. The quantitative estimate of drug-likeness (QED) is 0.720. The van der Waals surface area contributed by atoms with Crippen LogP contribution in [-0.2, 0) is 9.84 Å². The van der Waals surface area contributed by atoms with Crippen molar-refractivity contribution in [2.75, 3.05) is 37.7 Å². The average Bonchev–Trinajstić information content (AvgIpc) is 2.57. The van der Waals surface area contributed by atoms with Crippen molar-refractivity contribution < 1.29 is 8.42 Å². The monoisotopic (exact) mass is 232 g/mol. The molecule has 5 heteroatoms. The average molecular weight is 232 g/mol. The van der Waals surface area contributed by atoms with Crippen LogP contribution >= 0.6 is 0 Å². The van der Waals surface area contributed by atoms with Crippen molar-refractivity contribution in [2.45, 2.75) is 25.3 Å². The van der Waals surface area contributed by atoms with Crippen LogP contribution < -0.4 is 5.32 Å². The number of hydrogen-bond acceptors (Lipinski definition) is 4. The maximum Gasteiger partial charge on any atom is 0.152 e. The number of nitrogens with zero attached hydrogens (tertiary/aromatic N) is 1. The first-order valence-corrected chi connectivity index (χ1v) is 7.49. The van der Waals surface area contributed by atoms with E-state index < -0.39 is 9.84 Å². The molecule has 0 aromatic carbocycles. The van der Waals surface area contributed by atoms with Crippen LogP contribution in [0.15, 0.2) is 0 Å². The zero-order chi connectivity index (χ0) is 10.9. The molecule has 2 heterocycles. The summed E-state index contributed by atoms with van der Waals surface area (Å²) in [5.41, 5.74) is 0.209. The highest BCUT2D eigenvalue weighted by Crippen LogP contribution is 2.20. The maximum absolute atomic E-state index is 11.3. The van der Waals surface area contributed by atoms with Crippen LogP contribution in [0.4, 0.5) is 0 Å². The molecule has 0 aromatic heterocycles. The van der Waals surface area contributed by atoms with Gasteiger partial charge in [-0.2, -0.15) is 0 Å². The summed E-state index contributed by atoms with van der Waals surface area (Å²) in [7, 11) is -2.73. The molecule has 2 rings (SSSR count). The molecule has 88 valence electrons. The molecule has 2 saturated heterocycles. The number of sulfone groups is 1. The topological polar surface area (TPSA) is 49.4 Å². The van der Waals surface area contributed by atoms with E-state index in [-0.39, 0.29) is 5.54 Å². The molecule has 2 aliphatic rings. The van der Waals surface area contributed by atoms with E-state index in [1.165, 1.54) is 12.8 Å². The van der Waals surface area contributed by atoms with Crippen molar-refractivity contribution in [3.63, 3.8) is 0 Å². The van der Waals surface area contributed by atoms with Gasteiger partial charge in [-0.3, -0.25) is 4.90 Å². The van der Waals surface area contributed by atoms with E-state index in [2.05, 4.69) is 17.1 Å². The smallest absolute Gasteiger partial charge is 0.152 e. The van der Waals surface area contributed by atoms with Gasteiger partial charge in [-0.05, 0) is 26.3 Å². The Morgan fingerprint density at radius 1 is 1.33 bits per heavy atom. The van der Waals surface area contributed by atoms with Crippen LogP contribution in [-0.4, -0.2) is 56.5 Å². The Labute approximate surface area is 91.9 Å². The van der Waals surface area contributed by atoms with Gasteiger partial charge >= 0.3 is 0 Å². The lowest BCUT2D eigenvalue weighted by Gasteiger charge is -2.34. The first-order valence-electron chi connectivity index (χ1n) is 5.67. The van der Waals surface area contributed by atoms with Crippen molar-refractivity contribution in [1.82, 2.24) is 10.2 Å². The van der Waals surface area contributed by atoms with Gasteiger partial charge in [0.2, 0.25) is 0 Å². The minimum Gasteiger partial charge on any atom is -0.310 e. The highest BCUT2D eigenvalue weighted by molar-refractivity contribution is 7.91. The molecule has 4 nitrogen and oxygen atoms in total. The second-order valence-electron chi connectivity index (χ2n) is 5.02. The summed E-state index contributed by atoms with van der Waals surface area (Å²) >= 11 is 0. The van der Waals surface area contributed by atoms with Gasteiger partial charge in [0, 0.05) is 25.2 Å². The molecular weight excluding hydrogens is 212 g/mol. The molecule has 15 heavy (non-hydrogen) atoms. The predicted molar refractivity (Wildman–Crippen MR) is 60.7 cm³/mol. The van der Waals surface area contributed by atoms with Gasteiger partial charge < -0.3 is 5.32 Å². The molecule has 0 aromatic rings. The third-order valence-electron chi connectivity index (χ3n) is 3.47. The van der Waals surface area contributed by atoms with E-state index in [0.29, 0.717) is 24.6 Å². The summed E-state index contributed by atoms with van der Waals surface area (Å²) in [6.07, 6.45) is 2.44. The Morgan fingerprint density at radius 2 is 2.00 bits per heavy atom. The van der Waals surface area contributed by atoms with Crippen LogP contribution in [0, 0.1) is 0 Å². The molecular formula is C10H20N2O2S. The largest absolute Gasteiger partial charge is 0.310 e.